The van der Waals surface area contributed by atoms with E-state index in [-0.39, 0.29) is 17.1 Å². The quantitative estimate of drug-likeness (QED) is 0.407. The van der Waals surface area contributed by atoms with Crippen LogP contribution in [0.3, 0.4) is 0 Å². The molecule has 0 amide bonds. The molecule has 0 saturated carbocycles. The van der Waals surface area contributed by atoms with Crippen molar-refractivity contribution in [3.05, 3.63) is 74.6 Å². The van der Waals surface area contributed by atoms with E-state index in [4.69, 9.17) is 9.15 Å². The average molecular weight is 326 g/mol. The van der Waals surface area contributed by atoms with Gasteiger partial charge in [-0.2, -0.15) is 0 Å². The Morgan fingerprint density at radius 3 is 2.54 bits per heavy atom. The highest BCUT2D eigenvalue weighted by atomic mass is 16.6. The molecule has 3 rings (SSSR count). The molecule has 0 bridgehead atoms. The maximum Gasteiger partial charge on any atom is 0.336 e. The Kier molecular flexibility index (Phi) is 3.70. The van der Waals surface area contributed by atoms with Gasteiger partial charge in [0.1, 0.15) is 17.1 Å². The lowest BCUT2D eigenvalue weighted by molar-refractivity contribution is -0.385. The number of rotatable bonds is 4. The van der Waals surface area contributed by atoms with Gasteiger partial charge < -0.3 is 19.1 Å². The molecule has 0 N–H and O–H groups in total. The molecule has 0 atom stereocenters. The molecule has 8 nitrogen and oxygen atoms in total. The number of carboxylic acids is 1. The standard InChI is InChI=1S/C16H9NO7/c18-15-6-2-9-1-4-11(8-14(9)24-15)23-13-5-3-10(17(21)22)7-12(13)16(19)20/h1-8H,(H,19,20)/p-1. The van der Waals surface area contributed by atoms with Crippen LogP contribution < -0.4 is 15.5 Å². The summed E-state index contributed by atoms with van der Waals surface area (Å²) in [5, 5.41) is 22.6. The second-order valence-corrected chi connectivity index (χ2v) is 4.78. The first-order valence-electron chi connectivity index (χ1n) is 6.65. The van der Waals surface area contributed by atoms with E-state index in [1.54, 1.807) is 18.2 Å². The van der Waals surface area contributed by atoms with Crippen LogP contribution in [-0.4, -0.2) is 10.9 Å². The molecular weight excluding hydrogens is 318 g/mol. The predicted molar refractivity (Wildman–Crippen MR) is 80.0 cm³/mol. The van der Waals surface area contributed by atoms with Gasteiger partial charge in [0.25, 0.3) is 5.69 Å². The molecule has 1 heterocycles. The number of hydrogen-bond acceptors (Lipinski definition) is 7. The fourth-order valence-electron chi connectivity index (χ4n) is 2.11. The largest absolute Gasteiger partial charge is 0.545 e. The van der Waals surface area contributed by atoms with E-state index in [0.717, 1.165) is 18.2 Å². The zero-order valence-electron chi connectivity index (χ0n) is 11.9. The number of ether oxygens (including phenoxy) is 1. The van der Waals surface area contributed by atoms with Crippen molar-refractivity contribution in [2.24, 2.45) is 0 Å². The van der Waals surface area contributed by atoms with Gasteiger partial charge >= 0.3 is 5.63 Å². The van der Waals surface area contributed by atoms with Crippen LogP contribution in [0.2, 0.25) is 0 Å². The lowest BCUT2D eigenvalue weighted by atomic mass is 10.1. The minimum absolute atomic E-state index is 0.127. The Bertz CT molecular complexity index is 1020. The first-order chi connectivity index (χ1) is 11.4. The number of carbonyl (C=O) groups is 1. The molecule has 24 heavy (non-hydrogen) atoms. The second kappa shape index (κ2) is 5.84. The van der Waals surface area contributed by atoms with Crippen molar-refractivity contribution in [3.63, 3.8) is 0 Å². The molecule has 0 spiro atoms. The first-order valence-corrected chi connectivity index (χ1v) is 6.65. The topological polar surface area (TPSA) is 123 Å². The normalized spacial score (nSPS) is 10.5. The maximum atomic E-state index is 11.2. The third-order valence-corrected chi connectivity index (χ3v) is 3.22. The van der Waals surface area contributed by atoms with Crippen molar-refractivity contribution in [2.75, 3.05) is 0 Å². The summed E-state index contributed by atoms with van der Waals surface area (Å²) in [4.78, 5) is 32.4. The van der Waals surface area contributed by atoms with Gasteiger partial charge in [0.15, 0.2) is 0 Å². The van der Waals surface area contributed by atoms with Crippen molar-refractivity contribution in [3.8, 4) is 11.5 Å². The van der Waals surface area contributed by atoms with Gasteiger partial charge in [-0.15, -0.1) is 0 Å². The van der Waals surface area contributed by atoms with Gasteiger partial charge in [-0.3, -0.25) is 10.1 Å². The van der Waals surface area contributed by atoms with Crippen LogP contribution in [0.5, 0.6) is 11.5 Å². The zero-order valence-corrected chi connectivity index (χ0v) is 11.9. The molecule has 0 saturated heterocycles. The van der Waals surface area contributed by atoms with Crippen LogP contribution in [0, 0.1) is 10.1 Å². The maximum absolute atomic E-state index is 11.2. The fraction of sp³-hybridized carbons (Fsp3) is 0. The third-order valence-electron chi connectivity index (χ3n) is 3.22. The highest BCUT2D eigenvalue weighted by Crippen LogP contribution is 2.30. The molecule has 0 unspecified atom stereocenters. The number of hydrogen-bond donors (Lipinski definition) is 0. The highest BCUT2D eigenvalue weighted by molar-refractivity contribution is 5.90. The number of nitrogens with zero attached hydrogens (tertiary/aromatic N) is 1. The lowest BCUT2D eigenvalue weighted by Crippen LogP contribution is -2.23. The van der Waals surface area contributed by atoms with Crippen molar-refractivity contribution < 1.29 is 24.0 Å². The average Bonchev–Trinajstić information content (AvgIpc) is 2.54. The van der Waals surface area contributed by atoms with Crippen LogP contribution >= 0.6 is 0 Å². The van der Waals surface area contributed by atoms with E-state index in [2.05, 4.69) is 0 Å². The molecule has 0 aliphatic heterocycles. The van der Waals surface area contributed by atoms with E-state index in [0.29, 0.717) is 5.39 Å². The second-order valence-electron chi connectivity index (χ2n) is 4.78. The van der Waals surface area contributed by atoms with Gasteiger partial charge in [0, 0.05) is 35.2 Å². The first kappa shape index (κ1) is 15.2. The number of aromatic carboxylic acids is 1. The van der Waals surface area contributed by atoms with Crippen molar-refractivity contribution in [2.45, 2.75) is 0 Å². The minimum atomic E-state index is -1.61. The molecule has 8 heteroatoms. The van der Waals surface area contributed by atoms with Crippen LogP contribution in [0.15, 0.2) is 57.7 Å². The van der Waals surface area contributed by atoms with E-state index in [1.165, 1.54) is 12.1 Å². The minimum Gasteiger partial charge on any atom is -0.545 e. The van der Waals surface area contributed by atoms with E-state index < -0.39 is 27.8 Å². The summed E-state index contributed by atoms with van der Waals surface area (Å²) in [5.41, 5.74) is -1.13. The van der Waals surface area contributed by atoms with Gasteiger partial charge in [0.05, 0.1) is 10.9 Å². The molecule has 0 fully saturated rings. The molecule has 0 aliphatic carbocycles. The van der Waals surface area contributed by atoms with Crippen LogP contribution in [0.25, 0.3) is 11.0 Å². The molecule has 0 radical (unpaired) electrons. The number of carbonyl (C=O) groups excluding carboxylic acids is 1. The molecule has 1 aromatic heterocycles. The summed E-state index contributed by atoms with van der Waals surface area (Å²) in [6.45, 7) is 0. The summed E-state index contributed by atoms with van der Waals surface area (Å²) in [7, 11) is 0. The number of carboxylic acid groups (broad SMARTS) is 1. The third kappa shape index (κ3) is 2.93. The number of benzene rings is 2. The molecule has 3 aromatic rings. The van der Waals surface area contributed by atoms with Gasteiger partial charge in [0.2, 0.25) is 0 Å². The van der Waals surface area contributed by atoms with Crippen LogP contribution in [0.1, 0.15) is 10.4 Å². The van der Waals surface area contributed by atoms with Crippen molar-refractivity contribution >= 4 is 22.6 Å². The van der Waals surface area contributed by atoms with Crippen LogP contribution in [0.4, 0.5) is 5.69 Å². The fourth-order valence-corrected chi connectivity index (χ4v) is 2.11. The Hall–Kier alpha value is -3.68. The molecule has 2 aromatic carbocycles. The SMILES string of the molecule is O=C([O-])c1cc([N+](=O)[O-])ccc1Oc1ccc2ccc(=O)oc2c1. The Morgan fingerprint density at radius 1 is 1.08 bits per heavy atom. The number of fused-ring (bicyclic) bond motifs is 1. The summed E-state index contributed by atoms with van der Waals surface area (Å²) in [6, 6.07) is 10.6. The molecule has 0 aliphatic rings. The van der Waals surface area contributed by atoms with Gasteiger partial charge in [-0.1, -0.05) is 0 Å². The summed E-state index contributed by atoms with van der Waals surface area (Å²) >= 11 is 0. The highest BCUT2D eigenvalue weighted by Gasteiger charge is 2.13. The predicted octanol–water partition coefficient (Wildman–Crippen LogP) is 1.86. The number of non-ortho nitro benzene ring substituents is 1. The van der Waals surface area contributed by atoms with Gasteiger partial charge in [-0.05, 0) is 24.3 Å². The molecule has 120 valence electrons. The van der Waals surface area contributed by atoms with Crippen LogP contribution in [-0.2, 0) is 0 Å². The zero-order chi connectivity index (χ0) is 17.3. The van der Waals surface area contributed by atoms with Crippen molar-refractivity contribution in [1.29, 1.82) is 0 Å². The van der Waals surface area contributed by atoms with E-state index >= 15 is 0 Å². The number of nitro groups is 1. The van der Waals surface area contributed by atoms with Gasteiger partial charge in [-0.25, -0.2) is 4.79 Å². The van der Waals surface area contributed by atoms with E-state index in [9.17, 15) is 24.8 Å². The number of nitro benzene ring substituents is 1. The van der Waals surface area contributed by atoms with E-state index in [1.807, 2.05) is 0 Å². The Labute approximate surface area is 133 Å². The Morgan fingerprint density at radius 2 is 1.83 bits per heavy atom. The summed E-state index contributed by atoms with van der Waals surface area (Å²) in [5.74, 6) is -1.53. The monoisotopic (exact) mass is 326 g/mol. The Balaban J connectivity index is 2.03. The van der Waals surface area contributed by atoms with Crippen molar-refractivity contribution in [1.82, 2.24) is 0 Å². The summed E-state index contributed by atoms with van der Waals surface area (Å²) in [6.07, 6.45) is 0. The summed E-state index contributed by atoms with van der Waals surface area (Å²) < 4.78 is 10.5. The molecular formula is C16H8NO7-. The lowest BCUT2D eigenvalue weighted by Gasteiger charge is -2.12. The smallest absolute Gasteiger partial charge is 0.336 e.